The number of benzene rings is 1. The molecule has 0 heterocycles. The highest BCUT2D eigenvalue weighted by atomic mass is 79.9. The van der Waals surface area contributed by atoms with Crippen LogP contribution in [0.5, 0.6) is 0 Å². The first-order valence-electron chi connectivity index (χ1n) is 4.79. The van der Waals surface area contributed by atoms with Gasteiger partial charge in [-0.2, -0.15) is 4.31 Å². The summed E-state index contributed by atoms with van der Waals surface area (Å²) in [6.45, 7) is 1.73. The molecule has 0 amide bonds. The van der Waals surface area contributed by atoms with E-state index in [4.69, 9.17) is 23.2 Å². The largest absolute Gasteiger partial charge is 0.244 e. The van der Waals surface area contributed by atoms with Gasteiger partial charge in [0.25, 0.3) is 0 Å². The molecule has 0 saturated heterocycles. The van der Waals surface area contributed by atoms with Crippen LogP contribution in [0.4, 0.5) is 0 Å². The van der Waals surface area contributed by atoms with E-state index >= 15 is 0 Å². The quantitative estimate of drug-likeness (QED) is 0.772. The van der Waals surface area contributed by atoms with Crippen LogP contribution in [0.3, 0.4) is 0 Å². The van der Waals surface area contributed by atoms with Crippen molar-refractivity contribution in [2.75, 3.05) is 12.9 Å². The Kier molecular flexibility index (Phi) is 5.28. The van der Waals surface area contributed by atoms with E-state index in [0.29, 0.717) is 0 Å². The van der Waals surface area contributed by atoms with Crippen molar-refractivity contribution >= 4 is 49.2 Å². The average molecular weight is 361 g/mol. The Bertz CT molecular complexity index is 507. The molecule has 1 aromatic rings. The van der Waals surface area contributed by atoms with Crippen LogP contribution in [0.15, 0.2) is 27.6 Å². The maximum absolute atomic E-state index is 12.2. The summed E-state index contributed by atoms with van der Waals surface area (Å²) in [7, 11) is -2.11. The maximum Gasteiger partial charge on any atom is 0.244 e. The molecule has 0 aliphatic carbocycles. The minimum atomic E-state index is -3.60. The second kappa shape index (κ2) is 5.89. The molecule has 0 fully saturated rings. The Morgan fingerprint density at radius 1 is 1.47 bits per heavy atom. The van der Waals surface area contributed by atoms with Crippen LogP contribution in [-0.4, -0.2) is 31.7 Å². The predicted octanol–water partition coefficient (Wildman–Crippen LogP) is 3.35. The van der Waals surface area contributed by atoms with E-state index in [1.807, 2.05) is 0 Å². The van der Waals surface area contributed by atoms with Crippen LogP contribution in [0.2, 0.25) is 5.02 Å². The Balaban J connectivity index is 3.22. The summed E-state index contributed by atoms with van der Waals surface area (Å²) in [5.74, 6) is 0.226. The third kappa shape index (κ3) is 3.35. The third-order valence-corrected chi connectivity index (χ3v) is 5.79. The highest BCUT2D eigenvalue weighted by Crippen LogP contribution is 2.28. The molecule has 17 heavy (non-hydrogen) atoms. The van der Waals surface area contributed by atoms with Gasteiger partial charge in [-0.3, -0.25) is 0 Å². The monoisotopic (exact) mass is 359 g/mol. The van der Waals surface area contributed by atoms with Gasteiger partial charge in [0.15, 0.2) is 0 Å². The van der Waals surface area contributed by atoms with Gasteiger partial charge in [0.1, 0.15) is 4.90 Å². The maximum atomic E-state index is 12.2. The molecule has 1 unspecified atom stereocenters. The fourth-order valence-corrected chi connectivity index (χ4v) is 3.83. The highest BCUT2D eigenvalue weighted by molar-refractivity contribution is 9.10. The van der Waals surface area contributed by atoms with Gasteiger partial charge in [0.05, 0.1) is 5.02 Å². The lowest BCUT2D eigenvalue weighted by Crippen LogP contribution is -2.36. The van der Waals surface area contributed by atoms with E-state index in [1.165, 1.54) is 17.4 Å². The zero-order chi connectivity index (χ0) is 13.2. The molecule has 0 N–H and O–H groups in total. The van der Waals surface area contributed by atoms with Crippen molar-refractivity contribution in [2.24, 2.45) is 0 Å². The topological polar surface area (TPSA) is 37.4 Å². The van der Waals surface area contributed by atoms with Crippen molar-refractivity contribution in [2.45, 2.75) is 17.9 Å². The molecule has 1 atom stereocenters. The number of rotatable bonds is 4. The van der Waals surface area contributed by atoms with E-state index in [2.05, 4.69) is 15.9 Å². The molecule has 0 aromatic heterocycles. The number of sulfonamides is 1. The summed E-state index contributed by atoms with van der Waals surface area (Å²) in [4.78, 5) is 0.0850. The summed E-state index contributed by atoms with van der Waals surface area (Å²) in [5, 5.41) is 0.188. The van der Waals surface area contributed by atoms with E-state index in [1.54, 1.807) is 19.1 Å². The van der Waals surface area contributed by atoms with Gasteiger partial charge in [0.2, 0.25) is 10.0 Å². The summed E-state index contributed by atoms with van der Waals surface area (Å²) < 4.78 is 26.4. The fraction of sp³-hybridized carbons (Fsp3) is 0.400. The first-order chi connectivity index (χ1) is 7.80. The van der Waals surface area contributed by atoms with Crippen LogP contribution in [0, 0.1) is 0 Å². The molecule has 7 heteroatoms. The van der Waals surface area contributed by atoms with Crippen molar-refractivity contribution in [1.82, 2.24) is 4.31 Å². The Morgan fingerprint density at radius 3 is 2.53 bits per heavy atom. The second-order valence-electron chi connectivity index (χ2n) is 3.60. The Morgan fingerprint density at radius 2 is 2.06 bits per heavy atom. The molecule has 1 aromatic carbocycles. The fourth-order valence-electron chi connectivity index (χ4n) is 1.17. The number of hydrogen-bond donors (Lipinski definition) is 0. The average Bonchev–Trinajstić information content (AvgIpc) is 2.26. The molecule has 3 nitrogen and oxygen atoms in total. The van der Waals surface area contributed by atoms with Crippen LogP contribution >= 0.6 is 39.1 Å². The standard InChI is InChI=1S/C10H12BrCl2NO2S/c1-7(6-12)14(2)17(15,16)10-4-3-8(11)5-9(10)13/h3-5,7H,6H2,1-2H3. The predicted molar refractivity (Wildman–Crippen MR) is 74.3 cm³/mol. The number of nitrogens with zero attached hydrogens (tertiary/aromatic N) is 1. The molecule has 96 valence electrons. The van der Waals surface area contributed by atoms with Gasteiger partial charge >= 0.3 is 0 Å². The van der Waals surface area contributed by atoms with Crippen molar-refractivity contribution < 1.29 is 8.42 Å². The zero-order valence-corrected chi connectivity index (χ0v) is 13.2. The lowest BCUT2D eigenvalue weighted by Gasteiger charge is -2.23. The van der Waals surface area contributed by atoms with E-state index in [0.717, 1.165) is 4.47 Å². The molecule has 0 saturated carbocycles. The van der Waals surface area contributed by atoms with Crippen molar-refractivity contribution in [1.29, 1.82) is 0 Å². The first kappa shape index (κ1) is 15.2. The third-order valence-electron chi connectivity index (χ3n) is 2.39. The number of hydrogen-bond acceptors (Lipinski definition) is 2. The molecule has 0 spiro atoms. The van der Waals surface area contributed by atoms with Gasteiger partial charge in [-0.1, -0.05) is 27.5 Å². The molecule has 0 bridgehead atoms. The van der Waals surface area contributed by atoms with E-state index in [9.17, 15) is 8.42 Å². The highest BCUT2D eigenvalue weighted by Gasteiger charge is 2.26. The Labute approximate surface area is 120 Å². The minimum absolute atomic E-state index is 0.0850. The molecule has 0 aliphatic rings. The van der Waals surface area contributed by atoms with Gasteiger partial charge in [-0.25, -0.2) is 8.42 Å². The molecule has 0 radical (unpaired) electrons. The van der Waals surface area contributed by atoms with Crippen LogP contribution in [0.25, 0.3) is 0 Å². The molecule has 0 aliphatic heterocycles. The lowest BCUT2D eigenvalue weighted by molar-refractivity contribution is 0.413. The Hall–Kier alpha value is 0.190. The zero-order valence-electron chi connectivity index (χ0n) is 9.32. The van der Waals surface area contributed by atoms with Crippen molar-refractivity contribution in [3.63, 3.8) is 0 Å². The summed E-state index contributed by atoms with van der Waals surface area (Å²) >= 11 is 14.8. The minimum Gasteiger partial charge on any atom is -0.207 e. The summed E-state index contributed by atoms with van der Waals surface area (Å²) in [6.07, 6.45) is 0. The SMILES string of the molecule is CC(CCl)N(C)S(=O)(=O)c1ccc(Br)cc1Cl. The van der Waals surface area contributed by atoms with Gasteiger partial charge in [0, 0.05) is 23.4 Å². The normalized spacial score (nSPS) is 14.0. The first-order valence-corrected chi connectivity index (χ1v) is 7.94. The lowest BCUT2D eigenvalue weighted by atomic mass is 10.4. The van der Waals surface area contributed by atoms with Gasteiger partial charge in [-0.05, 0) is 25.1 Å². The van der Waals surface area contributed by atoms with Crippen LogP contribution in [-0.2, 0) is 10.0 Å². The van der Waals surface area contributed by atoms with E-state index < -0.39 is 10.0 Å². The van der Waals surface area contributed by atoms with Gasteiger partial charge in [-0.15, -0.1) is 11.6 Å². The molecular weight excluding hydrogens is 349 g/mol. The summed E-state index contributed by atoms with van der Waals surface area (Å²) in [5.41, 5.74) is 0. The van der Waals surface area contributed by atoms with Crippen LogP contribution in [0.1, 0.15) is 6.92 Å². The number of alkyl halides is 1. The van der Waals surface area contributed by atoms with E-state index in [-0.39, 0.29) is 21.8 Å². The molecular formula is C10H12BrCl2NO2S. The molecule has 1 rings (SSSR count). The van der Waals surface area contributed by atoms with Crippen LogP contribution < -0.4 is 0 Å². The van der Waals surface area contributed by atoms with Gasteiger partial charge < -0.3 is 0 Å². The summed E-state index contributed by atoms with van der Waals surface area (Å²) in [6, 6.07) is 4.37. The number of halogens is 3. The van der Waals surface area contributed by atoms with Crippen molar-refractivity contribution in [3.05, 3.63) is 27.7 Å². The smallest absolute Gasteiger partial charge is 0.207 e. The van der Waals surface area contributed by atoms with Crippen molar-refractivity contribution in [3.8, 4) is 0 Å². The second-order valence-corrected chi connectivity index (χ2v) is 7.20.